The lowest BCUT2D eigenvalue weighted by atomic mass is 9.92. The van der Waals surface area contributed by atoms with Crippen LogP contribution in [-0.4, -0.2) is 20.8 Å². The van der Waals surface area contributed by atoms with Crippen molar-refractivity contribution in [2.45, 2.75) is 51.2 Å². The molecule has 0 saturated heterocycles. The quantitative estimate of drug-likeness (QED) is 0.533. The van der Waals surface area contributed by atoms with Gasteiger partial charge in [-0.2, -0.15) is 0 Å². The van der Waals surface area contributed by atoms with E-state index in [-0.39, 0.29) is 11.6 Å². The first kappa shape index (κ1) is 18.9. The summed E-state index contributed by atoms with van der Waals surface area (Å²) < 4.78 is 1.66. The summed E-state index contributed by atoms with van der Waals surface area (Å²) in [5, 5.41) is 13.2. The van der Waals surface area contributed by atoms with Gasteiger partial charge in [0.2, 0.25) is 0 Å². The Morgan fingerprint density at radius 1 is 1.10 bits per heavy atom. The topological polar surface area (TPSA) is 69.3 Å². The average Bonchev–Trinajstić information content (AvgIpc) is 2.77. The second-order valence-electron chi connectivity index (χ2n) is 8.41. The molecule has 1 aliphatic carbocycles. The molecule has 2 aromatic heterocycles. The molecule has 1 aliphatic rings. The molecule has 5 nitrogen and oxygen atoms in total. The molecule has 5 rings (SSSR count). The number of nitrogens with one attached hydrogen (secondary N) is 1. The lowest BCUT2D eigenvalue weighted by Crippen LogP contribution is -2.34. The van der Waals surface area contributed by atoms with E-state index in [1.807, 2.05) is 37.4 Å². The second-order valence-corrected chi connectivity index (χ2v) is 8.41. The lowest BCUT2D eigenvalue weighted by molar-refractivity contribution is -0.388. The van der Waals surface area contributed by atoms with Gasteiger partial charge in [0.05, 0.1) is 29.4 Å². The van der Waals surface area contributed by atoms with Gasteiger partial charge in [0, 0.05) is 30.4 Å². The zero-order valence-electron chi connectivity index (χ0n) is 17.1. The first-order chi connectivity index (χ1) is 14.6. The third kappa shape index (κ3) is 3.29. The maximum absolute atomic E-state index is 13.5. The molecule has 0 amide bonds. The Morgan fingerprint density at radius 3 is 2.67 bits per heavy atom. The van der Waals surface area contributed by atoms with Crippen LogP contribution in [0.2, 0.25) is 0 Å². The third-order valence-corrected chi connectivity index (χ3v) is 6.36. The van der Waals surface area contributed by atoms with Crippen LogP contribution < -0.4 is 10.5 Å². The van der Waals surface area contributed by atoms with Gasteiger partial charge in [-0.1, -0.05) is 37.1 Å². The number of hydrogen-bond acceptors (Lipinski definition) is 3. The largest absolute Gasteiger partial charge is 0.391 e. The zero-order valence-corrected chi connectivity index (χ0v) is 17.1. The number of H-pyrrole nitrogens is 1. The van der Waals surface area contributed by atoms with E-state index in [2.05, 4.69) is 28.2 Å². The van der Waals surface area contributed by atoms with Crippen molar-refractivity contribution in [3.63, 3.8) is 0 Å². The normalized spacial score (nSPS) is 19.4. The molecule has 2 aromatic carbocycles. The molecule has 2 atom stereocenters. The number of nitrogens with zero attached hydrogens (tertiary/aromatic N) is 2. The summed E-state index contributed by atoms with van der Waals surface area (Å²) >= 11 is 0. The van der Waals surface area contributed by atoms with Crippen LogP contribution in [0, 0.1) is 6.92 Å². The summed E-state index contributed by atoms with van der Waals surface area (Å²) in [6.07, 6.45) is 7.48. The highest BCUT2D eigenvalue weighted by Gasteiger charge is 2.26. The highest BCUT2D eigenvalue weighted by atomic mass is 16.3. The number of benzene rings is 2. The van der Waals surface area contributed by atoms with Crippen LogP contribution in [0.1, 0.15) is 48.5 Å². The summed E-state index contributed by atoms with van der Waals surface area (Å²) in [6, 6.07) is 14.1. The molecule has 30 heavy (non-hydrogen) atoms. The van der Waals surface area contributed by atoms with E-state index < -0.39 is 6.10 Å². The van der Waals surface area contributed by atoms with Crippen molar-refractivity contribution in [3.05, 3.63) is 82.2 Å². The first-order valence-corrected chi connectivity index (χ1v) is 10.7. The second kappa shape index (κ2) is 7.65. The molecule has 0 unspecified atom stereocenters. The van der Waals surface area contributed by atoms with E-state index in [1.54, 1.807) is 10.9 Å². The number of rotatable bonds is 3. The molecule has 2 heterocycles. The van der Waals surface area contributed by atoms with Crippen molar-refractivity contribution >= 4 is 21.7 Å². The van der Waals surface area contributed by atoms with E-state index in [0.717, 1.165) is 65.2 Å². The van der Waals surface area contributed by atoms with Gasteiger partial charge in [-0.25, -0.2) is 9.97 Å². The average molecular weight is 401 g/mol. The van der Waals surface area contributed by atoms with E-state index >= 15 is 0 Å². The van der Waals surface area contributed by atoms with Crippen LogP contribution in [0.4, 0.5) is 0 Å². The molecular formula is C25H26N3O2+. The van der Waals surface area contributed by atoms with Crippen LogP contribution in [0.3, 0.4) is 0 Å². The highest BCUT2D eigenvalue weighted by Crippen LogP contribution is 2.30. The number of aliphatic hydroxyl groups is 1. The van der Waals surface area contributed by atoms with E-state index in [9.17, 15) is 9.90 Å². The smallest absolute Gasteiger partial charge is 0.261 e. The molecule has 5 heteroatoms. The van der Waals surface area contributed by atoms with Crippen molar-refractivity contribution < 1.29 is 10.1 Å². The molecule has 2 N–H and O–H groups in total. The Kier molecular flexibility index (Phi) is 4.83. The number of aryl methyl sites for hydroxylation is 1. The number of aliphatic hydroxyl groups excluding tert-OH is 1. The number of aromatic amines is 1. The molecule has 152 valence electrons. The number of aromatic nitrogens is 3. The molecule has 1 fully saturated rings. The lowest BCUT2D eigenvalue weighted by Gasteiger charge is -2.29. The van der Waals surface area contributed by atoms with Crippen LogP contribution in [0.5, 0.6) is 0 Å². The van der Waals surface area contributed by atoms with Gasteiger partial charge in [0.25, 0.3) is 5.56 Å². The van der Waals surface area contributed by atoms with Crippen molar-refractivity contribution in [1.29, 1.82) is 0 Å². The summed E-state index contributed by atoms with van der Waals surface area (Å²) in [4.78, 5) is 21.4. The Morgan fingerprint density at radius 2 is 1.90 bits per heavy atom. The molecule has 4 aromatic rings. The Labute approximate surface area is 175 Å². The fourth-order valence-corrected chi connectivity index (χ4v) is 4.71. The van der Waals surface area contributed by atoms with Crippen molar-refractivity contribution in [2.75, 3.05) is 0 Å². The van der Waals surface area contributed by atoms with Crippen LogP contribution in [0.25, 0.3) is 21.7 Å². The summed E-state index contributed by atoms with van der Waals surface area (Å²) in [5.41, 5.74) is 4.05. The Bertz CT molecular complexity index is 1280. The van der Waals surface area contributed by atoms with Crippen molar-refractivity contribution in [3.8, 4) is 0 Å². The molecule has 0 aliphatic heterocycles. The Balaban J connectivity index is 1.70. The van der Waals surface area contributed by atoms with Gasteiger partial charge >= 0.3 is 0 Å². The maximum Gasteiger partial charge on any atom is 0.261 e. The van der Waals surface area contributed by atoms with Crippen LogP contribution >= 0.6 is 0 Å². The fourth-order valence-electron chi connectivity index (χ4n) is 4.71. The minimum Gasteiger partial charge on any atom is -0.391 e. The standard InChI is InChI=1S/C25H25N3O2/c1-16-10-11-17(14-26-16)12-18-13-21-24(20-7-3-2-6-19(18)20)27-15-28(25(21)30)22-8-4-5-9-23(22)29/h2-3,6-7,10-11,13-15,22-23,29H,4-5,8-9,12H2,1H3/p+1/t22-,23-/m0/s1. The molecule has 0 radical (unpaired) electrons. The summed E-state index contributed by atoms with van der Waals surface area (Å²) in [7, 11) is 0. The van der Waals surface area contributed by atoms with Crippen molar-refractivity contribution in [1.82, 2.24) is 9.55 Å². The number of hydrogen-bond donors (Lipinski definition) is 1. The number of pyridine rings is 1. The maximum atomic E-state index is 13.5. The van der Waals surface area contributed by atoms with Gasteiger partial charge in [-0.05, 0) is 35.9 Å². The predicted octanol–water partition coefficient (Wildman–Crippen LogP) is 3.74. The predicted molar refractivity (Wildman–Crippen MR) is 118 cm³/mol. The molecular weight excluding hydrogens is 374 g/mol. The first-order valence-electron chi connectivity index (χ1n) is 10.7. The van der Waals surface area contributed by atoms with Gasteiger partial charge in [-0.3, -0.25) is 9.36 Å². The molecule has 0 spiro atoms. The minimum atomic E-state index is -0.487. The highest BCUT2D eigenvalue weighted by molar-refractivity contribution is 6.06. The monoisotopic (exact) mass is 400 g/mol. The fraction of sp³-hybridized carbons (Fsp3) is 0.320. The van der Waals surface area contributed by atoms with Crippen LogP contribution in [-0.2, 0) is 6.42 Å². The van der Waals surface area contributed by atoms with Gasteiger partial charge in [0.15, 0.2) is 11.9 Å². The van der Waals surface area contributed by atoms with E-state index in [0.29, 0.717) is 5.39 Å². The van der Waals surface area contributed by atoms with Gasteiger partial charge in [0.1, 0.15) is 0 Å². The van der Waals surface area contributed by atoms with E-state index in [1.165, 1.54) is 0 Å². The van der Waals surface area contributed by atoms with Gasteiger partial charge in [-0.15, -0.1) is 0 Å². The van der Waals surface area contributed by atoms with Crippen molar-refractivity contribution in [2.24, 2.45) is 0 Å². The van der Waals surface area contributed by atoms with E-state index in [4.69, 9.17) is 0 Å². The SMILES string of the molecule is Cc1ccc(Cc2cc3c(=O)n([C@H]4CCCC[C@@H]4O)cnc3c3ccccc23)c[nH+]1. The van der Waals surface area contributed by atoms with Crippen LogP contribution in [0.15, 0.2) is 59.8 Å². The third-order valence-electron chi connectivity index (χ3n) is 6.36. The minimum absolute atomic E-state index is 0.0616. The summed E-state index contributed by atoms with van der Waals surface area (Å²) in [5.74, 6) is 0. The summed E-state index contributed by atoms with van der Waals surface area (Å²) in [6.45, 7) is 2.03. The molecule has 0 bridgehead atoms. The number of fused-ring (bicyclic) bond motifs is 3. The molecule has 1 saturated carbocycles. The van der Waals surface area contributed by atoms with Gasteiger partial charge < -0.3 is 5.11 Å². The Hall–Kier alpha value is -3.05. The zero-order chi connectivity index (χ0) is 20.7.